The molecule has 3 rings (SSSR count). The van der Waals surface area contributed by atoms with Crippen LogP contribution in [0.15, 0.2) is 84.9 Å². The minimum Gasteiger partial charge on any atom is -0.337 e. The van der Waals surface area contributed by atoms with Gasteiger partial charge in [-0.2, -0.15) is 0 Å². The van der Waals surface area contributed by atoms with E-state index in [9.17, 15) is 4.79 Å². The van der Waals surface area contributed by atoms with Gasteiger partial charge in [-0.1, -0.05) is 60.7 Å². The number of benzene rings is 3. The Morgan fingerprint density at radius 2 is 1.18 bits per heavy atom. The van der Waals surface area contributed by atoms with E-state index in [-0.39, 0.29) is 0 Å². The fourth-order valence-electron chi connectivity index (χ4n) is 2.43. The number of hydrogen-bond acceptors (Lipinski definition) is 2. The maximum atomic E-state index is 10.8. The minimum absolute atomic E-state index is 0.703. The second kappa shape index (κ2) is 6.72. The van der Waals surface area contributed by atoms with Gasteiger partial charge in [0.05, 0.1) is 0 Å². The molecular weight excluding hydrogens is 270 g/mol. The number of nitrogens with zero attached hydrogens (tertiary/aromatic N) is 1. The third-order valence-electron chi connectivity index (χ3n) is 3.59. The molecule has 0 aromatic heterocycles. The maximum absolute atomic E-state index is 10.8. The summed E-state index contributed by atoms with van der Waals surface area (Å²) in [4.78, 5) is 13.0. The summed E-state index contributed by atoms with van der Waals surface area (Å²) in [6.45, 7) is 0.757. The highest BCUT2D eigenvalue weighted by Gasteiger charge is 2.09. The van der Waals surface area contributed by atoms with Gasteiger partial charge in [-0.05, 0) is 29.8 Å². The number of anilines is 2. The summed E-state index contributed by atoms with van der Waals surface area (Å²) in [5, 5.41) is 0. The third-order valence-corrected chi connectivity index (χ3v) is 3.59. The molecular formula is C20H17NO. The first-order chi connectivity index (χ1) is 10.9. The molecule has 0 fully saturated rings. The van der Waals surface area contributed by atoms with Gasteiger partial charge < -0.3 is 4.90 Å². The summed E-state index contributed by atoms with van der Waals surface area (Å²) < 4.78 is 0. The Labute approximate surface area is 130 Å². The van der Waals surface area contributed by atoms with E-state index in [1.165, 1.54) is 5.56 Å². The van der Waals surface area contributed by atoms with E-state index in [2.05, 4.69) is 29.2 Å². The van der Waals surface area contributed by atoms with Crippen molar-refractivity contribution in [1.82, 2.24) is 0 Å². The van der Waals surface area contributed by atoms with Gasteiger partial charge in [0.25, 0.3) is 0 Å². The Balaban J connectivity index is 1.93. The van der Waals surface area contributed by atoms with Gasteiger partial charge in [0.15, 0.2) is 0 Å². The maximum Gasteiger partial charge on any atom is 0.150 e. The van der Waals surface area contributed by atoms with Gasteiger partial charge in [-0.15, -0.1) is 0 Å². The van der Waals surface area contributed by atoms with Crippen LogP contribution in [0.25, 0.3) is 0 Å². The SMILES string of the molecule is O=Cc1ccc(CN(c2ccccc2)c2ccccc2)cc1. The van der Waals surface area contributed by atoms with Crippen LogP contribution in [-0.2, 0) is 6.54 Å². The smallest absolute Gasteiger partial charge is 0.150 e. The van der Waals surface area contributed by atoms with Gasteiger partial charge >= 0.3 is 0 Å². The lowest BCUT2D eigenvalue weighted by Gasteiger charge is -2.25. The molecule has 0 saturated heterocycles. The molecule has 108 valence electrons. The van der Waals surface area contributed by atoms with Gasteiger partial charge in [0, 0.05) is 23.5 Å². The van der Waals surface area contributed by atoms with Crippen molar-refractivity contribution in [2.45, 2.75) is 6.54 Å². The van der Waals surface area contributed by atoms with Crippen LogP contribution >= 0.6 is 0 Å². The lowest BCUT2D eigenvalue weighted by Crippen LogP contribution is -2.16. The van der Waals surface area contributed by atoms with Crippen LogP contribution < -0.4 is 4.90 Å². The molecule has 2 heteroatoms. The van der Waals surface area contributed by atoms with Crippen molar-refractivity contribution in [2.24, 2.45) is 0 Å². The van der Waals surface area contributed by atoms with Crippen LogP contribution in [0, 0.1) is 0 Å². The first kappa shape index (κ1) is 14.1. The topological polar surface area (TPSA) is 20.3 Å². The van der Waals surface area contributed by atoms with Crippen molar-refractivity contribution in [3.8, 4) is 0 Å². The highest BCUT2D eigenvalue weighted by atomic mass is 16.1. The molecule has 0 radical (unpaired) electrons. The Morgan fingerprint density at radius 3 is 1.64 bits per heavy atom. The van der Waals surface area contributed by atoms with Crippen LogP contribution in [0.1, 0.15) is 15.9 Å². The molecule has 0 N–H and O–H groups in total. The Kier molecular flexibility index (Phi) is 4.30. The molecule has 2 nitrogen and oxygen atoms in total. The molecule has 0 atom stereocenters. The molecule has 0 aliphatic carbocycles. The van der Waals surface area contributed by atoms with Crippen LogP contribution in [0.3, 0.4) is 0 Å². The summed E-state index contributed by atoms with van der Waals surface area (Å²) in [5.41, 5.74) is 4.16. The van der Waals surface area contributed by atoms with Crippen molar-refractivity contribution in [3.05, 3.63) is 96.1 Å². The molecule has 22 heavy (non-hydrogen) atoms. The van der Waals surface area contributed by atoms with E-state index in [0.29, 0.717) is 5.56 Å². The number of rotatable bonds is 5. The zero-order chi connectivity index (χ0) is 15.2. The summed E-state index contributed by atoms with van der Waals surface area (Å²) in [6, 6.07) is 28.3. The first-order valence-corrected chi connectivity index (χ1v) is 7.28. The summed E-state index contributed by atoms with van der Waals surface area (Å²) >= 11 is 0. The van der Waals surface area contributed by atoms with Gasteiger partial charge in [-0.25, -0.2) is 0 Å². The number of aldehydes is 1. The van der Waals surface area contributed by atoms with Gasteiger partial charge in [0.1, 0.15) is 6.29 Å². The van der Waals surface area contributed by atoms with Crippen molar-refractivity contribution in [1.29, 1.82) is 0 Å². The minimum atomic E-state index is 0.703. The monoisotopic (exact) mass is 287 g/mol. The average molecular weight is 287 g/mol. The summed E-state index contributed by atoms with van der Waals surface area (Å²) in [6.07, 6.45) is 0.871. The van der Waals surface area contributed by atoms with Crippen molar-refractivity contribution >= 4 is 17.7 Å². The number of carbonyl (C=O) groups excluding carboxylic acids is 1. The molecule has 0 unspecified atom stereocenters. The van der Waals surface area contributed by atoms with Gasteiger partial charge in [0.2, 0.25) is 0 Å². The predicted octanol–water partition coefficient (Wildman–Crippen LogP) is 4.84. The molecule has 3 aromatic carbocycles. The van der Waals surface area contributed by atoms with Gasteiger partial charge in [-0.3, -0.25) is 4.79 Å². The first-order valence-electron chi connectivity index (χ1n) is 7.28. The Bertz CT molecular complexity index is 681. The fraction of sp³-hybridized carbons (Fsp3) is 0.0500. The largest absolute Gasteiger partial charge is 0.337 e. The second-order valence-corrected chi connectivity index (χ2v) is 5.12. The Hall–Kier alpha value is -2.87. The Morgan fingerprint density at radius 1 is 0.682 bits per heavy atom. The summed E-state index contributed by atoms with van der Waals surface area (Å²) in [5.74, 6) is 0. The van der Waals surface area contributed by atoms with E-state index >= 15 is 0 Å². The van der Waals surface area contributed by atoms with E-state index in [1.54, 1.807) is 0 Å². The zero-order valence-electron chi connectivity index (χ0n) is 12.2. The van der Waals surface area contributed by atoms with Crippen LogP contribution in [0.2, 0.25) is 0 Å². The van der Waals surface area contributed by atoms with Crippen molar-refractivity contribution < 1.29 is 4.79 Å². The molecule has 0 saturated carbocycles. The van der Waals surface area contributed by atoms with E-state index in [1.807, 2.05) is 60.7 Å². The third kappa shape index (κ3) is 3.23. The van der Waals surface area contributed by atoms with E-state index in [0.717, 1.165) is 24.2 Å². The average Bonchev–Trinajstić information content (AvgIpc) is 2.62. The van der Waals surface area contributed by atoms with Crippen LogP contribution in [0.5, 0.6) is 0 Å². The number of carbonyl (C=O) groups is 1. The van der Waals surface area contributed by atoms with Crippen molar-refractivity contribution in [2.75, 3.05) is 4.90 Å². The lowest BCUT2D eigenvalue weighted by atomic mass is 10.1. The van der Waals surface area contributed by atoms with E-state index in [4.69, 9.17) is 0 Å². The molecule has 3 aromatic rings. The number of hydrogen-bond donors (Lipinski definition) is 0. The molecule has 0 bridgehead atoms. The molecule has 0 heterocycles. The standard InChI is InChI=1S/C20H17NO/c22-16-18-13-11-17(12-14-18)15-21(19-7-3-1-4-8-19)20-9-5-2-6-10-20/h1-14,16H,15H2. The van der Waals surface area contributed by atoms with Crippen LogP contribution in [-0.4, -0.2) is 6.29 Å². The normalized spacial score (nSPS) is 10.2. The predicted molar refractivity (Wildman–Crippen MR) is 90.6 cm³/mol. The second-order valence-electron chi connectivity index (χ2n) is 5.12. The summed E-state index contributed by atoms with van der Waals surface area (Å²) in [7, 11) is 0. The lowest BCUT2D eigenvalue weighted by molar-refractivity contribution is 0.112. The zero-order valence-corrected chi connectivity index (χ0v) is 12.2. The molecule has 0 amide bonds. The quantitative estimate of drug-likeness (QED) is 0.626. The number of para-hydroxylation sites is 2. The molecule has 0 aliphatic rings. The molecule has 0 aliphatic heterocycles. The highest BCUT2D eigenvalue weighted by molar-refractivity contribution is 5.74. The van der Waals surface area contributed by atoms with Crippen molar-refractivity contribution in [3.63, 3.8) is 0 Å². The van der Waals surface area contributed by atoms with Crippen LogP contribution in [0.4, 0.5) is 11.4 Å². The molecule has 0 spiro atoms. The highest BCUT2D eigenvalue weighted by Crippen LogP contribution is 2.27. The van der Waals surface area contributed by atoms with E-state index < -0.39 is 0 Å². The fourth-order valence-corrected chi connectivity index (χ4v) is 2.43.